The molecule has 0 radical (unpaired) electrons. The van der Waals surface area contributed by atoms with Crippen LogP contribution in [0.2, 0.25) is 0 Å². The van der Waals surface area contributed by atoms with E-state index in [0.717, 1.165) is 48.9 Å². The Morgan fingerprint density at radius 2 is 1.62 bits per heavy atom. The lowest BCUT2D eigenvalue weighted by Crippen LogP contribution is -2.53. The molecule has 2 fully saturated rings. The zero-order valence-corrected chi connectivity index (χ0v) is 18.8. The summed E-state index contributed by atoms with van der Waals surface area (Å²) in [4.78, 5) is 12.1. The zero-order chi connectivity index (χ0) is 21.9. The standard InChI is InChI=1S/C24H30N6O2/c1-28-12-9-19(10-13-28)29-14-16-30(17-15-29)22-21(4-3-11-25-22)24-27-26-23(32-24)18-5-7-20(31-2)8-6-18/h3-8,11,19H,9-10,12-17H2,1-2H3. The van der Waals surface area contributed by atoms with Gasteiger partial charge in [-0.05, 0) is 69.4 Å². The predicted molar refractivity (Wildman–Crippen MR) is 124 cm³/mol. The van der Waals surface area contributed by atoms with Crippen LogP contribution in [0.25, 0.3) is 22.9 Å². The molecule has 0 N–H and O–H groups in total. The van der Waals surface area contributed by atoms with Gasteiger partial charge in [-0.1, -0.05) is 0 Å². The molecule has 0 aliphatic carbocycles. The number of benzene rings is 1. The summed E-state index contributed by atoms with van der Waals surface area (Å²) in [5, 5.41) is 8.59. The molecule has 2 aliphatic heterocycles. The highest BCUT2D eigenvalue weighted by atomic mass is 16.5. The maximum Gasteiger partial charge on any atom is 0.251 e. The largest absolute Gasteiger partial charge is 0.497 e. The van der Waals surface area contributed by atoms with E-state index >= 15 is 0 Å². The van der Waals surface area contributed by atoms with Crippen molar-refractivity contribution in [3.63, 3.8) is 0 Å². The van der Waals surface area contributed by atoms with Gasteiger partial charge in [0, 0.05) is 44.0 Å². The Labute approximate surface area is 188 Å². The Morgan fingerprint density at radius 1 is 0.906 bits per heavy atom. The van der Waals surface area contributed by atoms with Crippen LogP contribution in [0.1, 0.15) is 12.8 Å². The fraction of sp³-hybridized carbons (Fsp3) is 0.458. The number of methoxy groups -OCH3 is 1. The van der Waals surface area contributed by atoms with Gasteiger partial charge in [0.15, 0.2) is 0 Å². The van der Waals surface area contributed by atoms with Crippen molar-refractivity contribution in [1.82, 2.24) is 25.0 Å². The second-order valence-electron chi connectivity index (χ2n) is 8.57. The number of anilines is 1. The van der Waals surface area contributed by atoms with E-state index in [1.54, 1.807) is 7.11 Å². The van der Waals surface area contributed by atoms with Crippen molar-refractivity contribution in [2.24, 2.45) is 0 Å². The molecular formula is C24H30N6O2. The first-order valence-electron chi connectivity index (χ1n) is 11.3. The average Bonchev–Trinajstić information content (AvgIpc) is 3.35. The molecule has 168 valence electrons. The molecule has 2 aromatic heterocycles. The van der Waals surface area contributed by atoms with Crippen molar-refractivity contribution < 1.29 is 9.15 Å². The molecule has 2 saturated heterocycles. The minimum Gasteiger partial charge on any atom is -0.497 e. The van der Waals surface area contributed by atoms with Gasteiger partial charge in [0.05, 0.1) is 12.7 Å². The maximum atomic E-state index is 6.04. The van der Waals surface area contributed by atoms with Gasteiger partial charge in [-0.3, -0.25) is 4.90 Å². The number of piperazine rings is 1. The molecule has 2 aliphatic rings. The molecule has 0 bridgehead atoms. The van der Waals surface area contributed by atoms with Crippen molar-refractivity contribution in [3.05, 3.63) is 42.6 Å². The summed E-state index contributed by atoms with van der Waals surface area (Å²) in [7, 11) is 3.87. The van der Waals surface area contributed by atoms with Crippen LogP contribution in [0.4, 0.5) is 5.82 Å². The molecule has 0 amide bonds. The van der Waals surface area contributed by atoms with Gasteiger partial charge >= 0.3 is 0 Å². The lowest BCUT2D eigenvalue weighted by atomic mass is 10.0. The number of hydrogen-bond acceptors (Lipinski definition) is 8. The fourth-order valence-corrected chi connectivity index (χ4v) is 4.66. The van der Waals surface area contributed by atoms with E-state index in [-0.39, 0.29) is 0 Å². The van der Waals surface area contributed by atoms with E-state index in [0.29, 0.717) is 17.8 Å². The third kappa shape index (κ3) is 4.33. The van der Waals surface area contributed by atoms with E-state index in [1.165, 1.54) is 25.9 Å². The SMILES string of the molecule is COc1ccc(-c2nnc(-c3cccnc3N3CCN(C4CCN(C)CC4)CC3)o2)cc1. The van der Waals surface area contributed by atoms with Gasteiger partial charge in [0.25, 0.3) is 5.89 Å². The van der Waals surface area contributed by atoms with Crippen LogP contribution in [0.15, 0.2) is 47.0 Å². The number of rotatable bonds is 5. The summed E-state index contributed by atoms with van der Waals surface area (Å²) in [5.74, 6) is 2.70. The topological polar surface area (TPSA) is 70.8 Å². The van der Waals surface area contributed by atoms with Crippen LogP contribution in [-0.2, 0) is 0 Å². The molecule has 0 unspecified atom stereocenters. The summed E-state index contributed by atoms with van der Waals surface area (Å²) in [6.45, 7) is 6.42. The Hall–Kier alpha value is -2.97. The number of hydrogen-bond donors (Lipinski definition) is 0. The molecule has 1 aromatic carbocycles. The van der Waals surface area contributed by atoms with Crippen LogP contribution in [-0.4, -0.2) is 84.4 Å². The zero-order valence-electron chi connectivity index (χ0n) is 18.8. The third-order valence-electron chi connectivity index (χ3n) is 6.60. The van der Waals surface area contributed by atoms with E-state index in [9.17, 15) is 0 Å². The number of nitrogens with zero attached hydrogens (tertiary/aromatic N) is 6. The van der Waals surface area contributed by atoms with Crippen molar-refractivity contribution in [2.75, 3.05) is 58.3 Å². The van der Waals surface area contributed by atoms with E-state index in [4.69, 9.17) is 9.15 Å². The second kappa shape index (κ2) is 9.26. The van der Waals surface area contributed by atoms with Crippen LogP contribution >= 0.6 is 0 Å². The maximum absolute atomic E-state index is 6.04. The summed E-state index contributed by atoms with van der Waals surface area (Å²) >= 11 is 0. The van der Waals surface area contributed by atoms with Crippen LogP contribution < -0.4 is 9.64 Å². The van der Waals surface area contributed by atoms with E-state index in [1.807, 2.05) is 42.6 Å². The van der Waals surface area contributed by atoms with Gasteiger partial charge in [0.1, 0.15) is 11.6 Å². The first-order chi connectivity index (χ1) is 15.7. The van der Waals surface area contributed by atoms with Gasteiger partial charge < -0.3 is 19.0 Å². The normalized spacial score (nSPS) is 18.8. The first-order valence-corrected chi connectivity index (χ1v) is 11.3. The molecule has 32 heavy (non-hydrogen) atoms. The molecular weight excluding hydrogens is 404 g/mol. The Morgan fingerprint density at radius 3 is 2.34 bits per heavy atom. The summed E-state index contributed by atoms with van der Waals surface area (Å²) < 4.78 is 11.3. The molecule has 8 heteroatoms. The lowest BCUT2D eigenvalue weighted by Gasteiger charge is -2.42. The fourth-order valence-electron chi connectivity index (χ4n) is 4.66. The minimum absolute atomic E-state index is 0.490. The molecule has 5 rings (SSSR count). The highest BCUT2D eigenvalue weighted by Crippen LogP contribution is 2.31. The third-order valence-corrected chi connectivity index (χ3v) is 6.60. The van der Waals surface area contributed by atoms with Crippen LogP contribution in [0.5, 0.6) is 5.75 Å². The number of pyridine rings is 1. The van der Waals surface area contributed by atoms with Crippen LogP contribution in [0.3, 0.4) is 0 Å². The predicted octanol–water partition coefficient (Wildman–Crippen LogP) is 3.02. The van der Waals surface area contributed by atoms with Gasteiger partial charge in [-0.15, -0.1) is 10.2 Å². The van der Waals surface area contributed by atoms with Crippen molar-refractivity contribution >= 4 is 5.82 Å². The van der Waals surface area contributed by atoms with E-state index in [2.05, 4.69) is 36.9 Å². The molecule has 8 nitrogen and oxygen atoms in total. The van der Waals surface area contributed by atoms with Gasteiger partial charge in [-0.2, -0.15) is 0 Å². The summed E-state index contributed by atoms with van der Waals surface area (Å²) in [6.07, 6.45) is 4.37. The number of likely N-dealkylation sites (tertiary alicyclic amines) is 1. The smallest absolute Gasteiger partial charge is 0.251 e. The van der Waals surface area contributed by atoms with E-state index < -0.39 is 0 Å². The number of ether oxygens (including phenoxy) is 1. The molecule has 3 aromatic rings. The minimum atomic E-state index is 0.490. The summed E-state index contributed by atoms with van der Waals surface area (Å²) in [5.41, 5.74) is 1.74. The molecule has 4 heterocycles. The van der Waals surface area contributed by atoms with Crippen molar-refractivity contribution in [2.45, 2.75) is 18.9 Å². The number of aromatic nitrogens is 3. The lowest BCUT2D eigenvalue weighted by molar-refractivity contribution is 0.115. The Balaban J connectivity index is 1.30. The quantitative estimate of drug-likeness (QED) is 0.607. The van der Waals surface area contributed by atoms with Crippen molar-refractivity contribution in [1.29, 1.82) is 0 Å². The summed E-state index contributed by atoms with van der Waals surface area (Å²) in [6, 6.07) is 12.3. The average molecular weight is 435 g/mol. The second-order valence-corrected chi connectivity index (χ2v) is 8.57. The molecule has 0 spiro atoms. The van der Waals surface area contributed by atoms with Crippen molar-refractivity contribution in [3.8, 4) is 28.7 Å². The molecule has 0 atom stereocenters. The highest BCUT2D eigenvalue weighted by Gasteiger charge is 2.28. The first kappa shape index (κ1) is 20.9. The van der Waals surface area contributed by atoms with Crippen LogP contribution in [0, 0.1) is 0 Å². The Bertz CT molecular complexity index is 1020. The number of piperidine rings is 1. The monoisotopic (exact) mass is 434 g/mol. The molecule has 0 saturated carbocycles. The van der Waals surface area contributed by atoms with Gasteiger partial charge in [-0.25, -0.2) is 4.98 Å². The van der Waals surface area contributed by atoms with Gasteiger partial charge in [0.2, 0.25) is 5.89 Å². The Kier molecular flexibility index (Phi) is 6.05. The highest BCUT2D eigenvalue weighted by molar-refractivity contribution is 5.70.